The van der Waals surface area contributed by atoms with Gasteiger partial charge in [-0.1, -0.05) is 6.42 Å². The maximum absolute atomic E-state index is 11.3. The largest absolute Gasteiger partial charge is 0.508 e. The average molecular weight is 222 g/mol. The van der Waals surface area contributed by atoms with Crippen LogP contribution in [0.5, 0.6) is 11.5 Å². The van der Waals surface area contributed by atoms with Crippen LogP contribution in [-0.4, -0.2) is 23.3 Å². The Kier molecular flexibility index (Phi) is 2.50. The molecule has 0 aromatic heterocycles. The maximum Gasteiger partial charge on any atom is 0.314 e. The number of phenolic OH excluding ortho intramolecular Hbond substituents is 1. The highest BCUT2D eigenvalue weighted by molar-refractivity contribution is 5.83. The second-order valence-electron chi connectivity index (χ2n) is 4.12. The summed E-state index contributed by atoms with van der Waals surface area (Å²) >= 11 is 0. The predicted octanol–water partition coefficient (Wildman–Crippen LogP) is 1.91. The first kappa shape index (κ1) is 10.8. The smallest absolute Gasteiger partial charge is 0.314 e. The van der Waals surface area contributed by atoms with Crippen molar-refractivity contribution in [2.75, 3.05) is 7.11 Å². The van der Waals surface area contributed by atoms with Crippen LogP contribution < -0.4 is 4.74 Å². The predicted molar refractivity (Wildman–Crippen MR) is 57.8 cm³/mol. The van der Waals surface area contributed by atoms with Gasteiger partial charge in [-0.2, -0.15) is 0 Å². The van der Waals surface area contributed by atoms with Crippen LogP contribution in [0.25, 0.3) is 0 Å². The van der Waals surface area contributed by atoms with E-state index in [4.69, 9.17) is 4.74 Å². The highest BCUT2D eigenvalue weighted by Crippen LogP contribution is 2.47. The zero-order valence-electron chi connectivity index (χ0n) is 9.06. The van der Waals surface area contributed by atoms with Crippen molar-refractivity contribution in [1.82, 2.24) is 0 Å². The lowest BCUT2D eigenvalue weighted by Crippen LogP contribution is -2.42. The highest BCUT2D eigenvalue weighted by atomic mass is 16.5. The van der Waals surface area contributed by atoms with Crippen LogP contribution in [0.1, 0.15) is 24.8 Å². The van der Waals surface area contributed by atoms with E-state index in [0.717, 1.165) is 6.42 Å². The monoisotopic (exact) mass is 222 g/mol. The standard InChI is InChI=1S/C12H14O4/c1-16-8-3-4-10(13)9(7-8)12(11(14)15)5-2-6-12/h3-4,7,13H,2,5-6H2,1H3,(H,14,15). The van der Waals surface area contributed by atoms with Gasteiger partial charge in [-0.3, -0.25) is 4.79 Å². The minimum atomic E-state index is -0.918. The van der Waals surface area contributed by atoms with E-state index in [1.54, 1.807) is 12.1 Å². The summed E-state index contributed by atoms with van der Waals surface area (Å²) in [4.78, 5) is 11.3. The van der Waals surface area contributed by atoms with Gasteiger partial charge in [0, 0.05) is 5.56 Å². The number of phenols is 1. The summed E-state index contributed by atoms with van der Waals surface area (Å²) in [5.41, 5.74) is -0.455. The van der Waals surface area contributed by atoms with E-state index in [0.29, 0.717) is 24.2 Å². The molecule has 0 heterocycles. The third-order valence-electron chi connectivity index (χ3n) is 3.34. The van der Waals surface area contributed by atoms with E-state index in [2.05, 4.69) is 0 Å². The van der Waals surface area contributed by atoms with Gasteiger partial charge in [0.05, 0.1) is 12.5 Å². The highest BCUT2D eigenvalue weighted by Gasteiger charge is 2.47. The molecule has 0 spiro atoms. The summed E-state index contributed by atoms with van der Waals surface area (Å²) in [6.45, 7) is 0. The molecule has 0 radical (unpaired) electrons. The number of carbonyl (C=O) groups is 1. The summed E-state index contributed by atoms with van der Waals surface area (Å²) < 4.78 is 5.05. The van der Waals surface area contributed by atoms with Gasteiger partial charge in [0.2, 0.25) is 0 Å². The first-order valence-corrected chi connectivity index (χ1v) is 5.21. The molecule has 0 unspecified atom stereocenters. The molecular formula is C12H14O4. The molecule has 2 N–H and O–H groups in total. The van der Waals surface area contributed by atoms with Crippen molar-refractivity contribution >= 4 is 5.97 Å². The summed E-state index contributed by atoms with van der Waals surface area (Å²) in [7, 11) is 1.52. The second-order valence-corrected chi connectivity index (χ2v) is 4.12. The summed E-state index contributed by atoms with van der Waals surface area (Å²) in [5, 5.41) is 19.0. The molecule has 1 aliphatic carbocycles. The van der Waals surface area contributed by atoms with Crippen molar-refractivity contribution in [2.45, 2.75) is 24.7 Å². The van der Waals surface area contributed by atoms with E-state index in [1.165, 1.54) is 13.2 Å². The summed E-state index contributed by atoms with van der Waals surface area (Å²) in [6.07, 6.45) is 2.02. The number of carboxylic acids is 1. The molecule has 4 heteroatoms. The molecule has 4 nitrogen and oxygen atoms in total. The fourth-order valence-corrected chi connectivity index (χ4v) is 2.15. The number of rotatable bonds is 3. The van der Waals surface area contributed by atoms with E-state index >= 15 is 0 Å². The van der Waals surface area contributed by atoms with Gasteiger partial charge in [0.1, 0.15) is 11.5 Å². The number of ether oxygens (including phenoxy) is 1. The number of aromatic hydroxyl groups is 1. The van der Waals surface area contributed by atoms with E-state index in [9.17, 15) is 15.0 Å². The maximum atomic E-state index is 11.3. The number of carboxylic acid groups (broad SMARTS) is 1. The van der Waals surface area contributed by atoms with Crippen LogP contribution in [0.3, 0.4) is 0 Å². The Hall–Kier alpha value is -1.71. The topological polar surface area (TPSA) is 66.8 Å². The molecule has 0 aliphatic heterocycles. The Morgan fingerprint density at radius 1 is 1.44 bits per heavy atom. The van der Waals surface area contributed by atoms with Crippen molar-refractivity contribution in [3.05, 3.63) is 23.8 Å². The van der Waals surface area contributed by atoms with Gasteiger partial charge in [0.15, 0.2) is 0 Å². The molecule has 1 fully saturated rings. The molecular weight excluding hydrogens is 208 g/mol. The average Bonchev–Trinajstić information content (AvgIpc) is 2.18. The lowest BCUT2D eigenvalue weighted by molar-refractivity contribution is -0.147. The number of hydrogen-bond acceptors (Lipinski definition) is 3. The normalized spacial score (nSPS) is 17.6. The van der Waals surface area contributed by atoms with Gasteiger partial charge in [-0.05, 0) is 31.0 Å². The molecule has 0 atom stereocenters. The molecule has 86 valence electrons. The lowest BCUT2D eigenvalue weighted by atomic mass is 9.64. The van der Waals surface area contributed by atoms with Crippen LogP contribution in [0.4, 0.5) is 0 Å². The van der Waals surface area contributed by atoms with Crippen molar-refractivity contribution in [3.8, 4) is 11.5 Å². The summed E-state index contributed by atoms with van der Waals surface area (Å²) in [6, 6.07) is 4.72. The molecule has 2 rings (SSSR count). The van der Waals surface area contributed by atoms with Crippen LogP contribution in [0.15, 0.2) is 18.2 Å². The second kappa shape index (κ2) is 3.70. The third kappa shape index (κ3) is 1.41. The zero-order valence-corrected chi connectivity index (χ0v) is 9.06. The number of methoxy groups -OCH3 is 1. The quantitative estimate of drug-likeness (QED) is 0.819. The van der Waals surface area contributed by atoms with Gasteiger partial charge in [-0.15, -0.1) is 0 Å². The fraction of sp³-hybridized carbons (Fsp3) is 0.417. The van der Waals surface area contributed by atoms with Crippen molar-refractivity contribution in [3.63, 3.8) is 0 Å². The molecule has 0 amide bonds. The van der Waals surface area contributed by atoms with Crippen LogP contribution in [0.2, 0.25) is 0 Å². The SMILES string of the molecule is COc1ccc(O)c(C2(C(=O)O)CCC2)c1. The van der Waals surface area contributed by atoms with Crippen molar-refractivity contribution in [1.29, 1.82) is 0 Å². The Labute approximate surface area is 93.5 Å². The Balaban J connectivity index is 2.49. The number of aliphatic carboxylic acids is 1. The minimum absolute atomic E-state index is 0.0305. The molecule has 1 aromatic rings. The van der Waals surface area contributed by atoms with E-state index in [1.807, 2.05) is 0 Å². The molecule has 1 aliphatic rings. The fourth-order valence-electron chi connectivity index (χ4n) is 2.15. The van der Waals surface area contributed by atoms with E-state index < -0.39 is 11.4 Å². The molecule has 1 aromatic carbocycles. The minimum Gasteiger partial charge on any atom is -0.508 e. The van der Waals surface area contributed by atoms with Gasteiger partial charge in [-0.25, -0.2) is 0 Å². The Bertz CT molecular complexity index is 421. The van der Waals surface area contributed by atoms with E-state index in [-0.39, 0.29) is 5.75 Å². The zero-order chi connectivity index (χ0) is 11.8. The Morgan fingerprint density at radius 3 is 2.56 bits per heavy atom. The molecule has 1 saturated carbocycles. The first-order chi connectivity index (χ1) is 7.60. The summed E-state index contributed by atoms with van der Waals surface area (Å²) in [5.74, 6) is -0.273. The number of benzene rings is 1. The molecule has 0 bridgehead atoms. The van der Waals surface area contributed by atoms with Crippen molar-refractivity contribution in [2.24, 2.45) is 0 Å². The van der Waals surface area contributed by atoms with Gasteiger partial charge < -0.3 is 14.9 Å². The van der Waals surface area contributed by atoms with Gasteiger partial charge in [0.25, 0.3) is 0 Å². The van der Waals surface area contributed by atoms with Crippen LogP contribution in [-0.2, 0) is 10.2 Å². The van der Waals surface area contributed by atoms with Crippen molar-refractivity contribution < 1.29 is 19.7 Å². The van der Waals surface area contributed by atoms with Crippen LogP contribution >= 0.6 is 0 Å². The number of hydrogen-bond donors (Lipinski definition) is 2. The van der Waals surface area contributed by atoms with Gasteiger partial charge >= 0.3 is 5.97 Å². The molecule has 0 saturated heterocycles. The first-order valence-electron chi connectivity index (χ1n) is 5.21. The van der Waals surface area contributed by atoms with Crippen LogP contribution in [0, 0.1) is 0 Å². The lowest BCUT2D eigenvalue weighted by Gasteiger charge is -2.38. The third-order valence-corrected chi connectivity index (χ3v) is 3.34. The Morgan fingerprint density at radius 2 is 2.12 bits per heavy atom. The molecule has 16 heavy (non-hydrogen) atoms.